The Kier molecular flexibility index (Phi) is 6.98. The number of para-hydroxylation sites is 1. The number of rotatable bonds is 8. The molecule has 0 aliphatic rings. The molecule has 0 saturated carbocycles. The number of anilines is 1. The number of hydrogen-bond donors (Lipinski definition) is 1. The van der Waals surface area contributed by atoms with Crippen LogP contribution in [-0.4, -0.2) is 38.3 Å². The second-order valence-electron chi connectivity index (χ2n) is 6.17. The molecule has 2 aromatic carbocycles. The van der Waals surface area contributed by atoms with Crippen molar-refractivity contribution in [1.82, 2.24) is 4.31 Å². The number of benzene rings is 2. The molecule has 6 nitrogen and oxygen atoms in total. The summed E-state index contributed by atoms with van der Waals surface area (Å²) in [6.07, 6.45) is 0. The molecule has 1 amide bonds. The third kappa shape index (κ3) is 5.08. The molecule has 0 fully saturated rings. The zero-order valence-electron chi connectivity index (χ0n) is 16.2. The molecule has 27 heavy (non-hydrogen) atoms. The van der Waals surface area contributed by atoms with Gasteiger partial charge in [-0.25, -0.2) is 8.42 Å². The van der Waals surface area contributed by atoms with Gasteiger partial charge in [0, 0.05) is 18.8 Å². The molecule has 7 heteroatoms. The second kappa shape index (κ2) is 9.01. The maximum atomic E-state index is 12.5. The minimum atomic E-state index is -3.51. The van der Waals surface area contributed by atoms with Crippen molar-refractivity contribution >= 4 is 21.6 Å². The van der Waals surface area contributed by atoms with Crippen LogP contribution in [-0.2, 0) is 14.8 Å². The van der Waals surface area contributed by atoms with Crippen molar-refractivity contribution in [3.8, 4) is 5.75 Å². The fourth-order valence-corrected chi connectivity index (χ4v) is 4.24. The molecule has 0 unspecified atom stereocenters. The Morgan fingerprint density at radius 1 is 1.00 bits per heavy atom. The normalized spacial score (nSPS) is 11.4. The number of aryl methyl sites for hydroxylation is 2. The van der Waals surface area contributed by atoms with Gasteiger partial charge in [-0.05, 0) is 49.2 Å². The zero-order valence-corrected chi connectivity index (χ0v) is 17.0. The summed E-state index contributed by atoms with van der Waals surface area (Å²) in [7, 11) is -3.51. The van der Waals surface area contributed by atoms with Gasteiger partial charge in [-0.3, -0.25) is 4.79 Å². The molecule has 0 aliphatic heterocycles. The third-order valence-electron chi connectivity index (χ3n) is 4.24. The van der Waals surface area contributed by atoms with Crippen LogP contribution in [0, 0.1) is 13.8 Å². The van der Waals surface area contributed by atoms with Crippen LogP contribution < -0.4 is 10.1 Å². The summed E-state index contributed by atoms with van der Waals surface area (Å²) in [5.74, 6) is 0.394. The predicted octanol–water partition coefficient (Wildman–Crippen LogP) is 3.35. The van der Waals surface area contributed by atoms with E-state index in [2.05, 4.69) is 5.32 Å². The van der Waals surface area contributed by atoms with Gasteiger partial charge in [-0.2, -0.15) is 4.31 Å². The molecule has 0 aromatic heterocycles. The maximum Gasteiger partial charge on any atom is 0.262 e. The lowest BCUT2D eigenvalue weighted by atomic mass is 10.1. The summed E-state index contributed by atoms with van der Waals surface area (Å²) in [5.41, 5.74) is 2.45. The molecule has 146 valence electrons. The van der Waals surface area contributed by atoms with Crippen LogP contribution in [0.3, 0.4) is 0 Å². The molecule has 0 bridgehead atoms. The fourth-order valence-electron chi connectivity index (χ4n) is 2.78. The molecular weight excluding hydrogens is 364 g/mol. The van der Waals surface area contributed by atoms with E-state index in [1.54, 1.807) is 26.0 Å². The average molecular weight is 391 g/mol. The Balaban J connectivity index is 2.01. The Hall–Kier alpha value is -2.38. The monoisotopic (exact) mass is 390 g/mol. The van der Waals surface area contributed by atoms with Gasteiger partial charge in [0.05, 0.1) is 4.90 Å². The summed E-state index contributed by atoms with van der Waals surface area (Å²) in [6, 6.07) is 11.9. The van der Waals surface area contributed by atoms with Crippen molar-refractivity contribution in [3.63, 3.8) is 0 Å². The van der Waals surface area contributed by atoms with Crippen molar-refractivity contribution in [2.75, 3.05) is 25.0 Å². The first kappa shape index (κ1) is 20.9. The lowest BCUT2D eigenvalue weighted by Gasteiger charge is -2.18. The van der Waals surface area contributed by atoms with E-state index in [-0.39, 0.29) is 17.4 Å². The Morgan fingerprint density at radius 2 is 1.56 bits per heavy atom. The van der Waals surface area contributed by atoms with Crippen molar-refractivity contribution in [1.29, 1.82) is 0 Å². The van der Waals surface area contributed by atoms with E-state index in [1.165, 1.54) is 16.4 Å². The van der Waals surface area contributed by atoms with Crippen LogP contribution in [0.25, 0.3) is 0 Å². The van der Waals surface area contributed by atoms with Gasteiger partial charge in [-0.15, -0.1) is 0 Å². The lowest BCUT2D eigenvalue weighted by molar-refractivity contribution is -0.118. The highest BCUT2D eigenvalue weighted by Crippen LogP contribution is 2.22. The highest BCUT2D eigenvalue weighted by molar-refractivity contribution is 7.89. The van der Waals surface area contributed by atoms with Crippen LogP contribution in [0.2, 0.25) is 0 Å². The molecule has 0 atom stereocenters. The van der Waals surface area contributed by atoms with Gasteiger partial charge in [0.15, 0.2) is 6.61 Å². The lowest BCUT2D eigenvalue weighted by Crippen LogP contribution is -2.30. The van der Waals surface area contributed by atoms with Gasteiger partial charge >= 0.3 is 0 Å². The predicted molar refractivity (Wildman–Crippen MR) is 107 cm³/mol. The summed E-state index contributed by atoms with van der Waals surface area (Å²) in [6.45, 7) is 8.15. The van der Waals surface area contributed by atoms with E-state index >= 15 is 0 Å². The van der Waals surface area contributed by atoms with Crippen LogP contribution in [0.1, 0.15) is 25.0 Å². The molecule has 2 rings (SSSR count). The number of sulfonamides is 1. The molecule has 0 saturated heterocycles. The summed E-state index contributed by atoms with van der Waals surface area (Å²) in [4.78, 5) is 12.3. The SMILES string of the molecule is CCN(CC)S(=O)(=O)c1ccc(NC(=O)COc2c(C)cccc2C)cc1. The van der Waals surface area contributed by atoms with E-state index in [0.29, 0.717) is 24.5 Å². The molecule has 0 aliphatic carbocycles. The maximum absolute atomic E-state index is 12.5. The molecule has 0 heterocycles. The minimum absolute atomic E-state index is 0.120. The van der Waals surface area contributed by atoms with E-state index < -0.39 is 10.0 Å². The summed E-state index contributed by atoms with van der Waals surface area (Å²) in [5, 5.41) is 2.71. The van der Waals surface area contributed by atoms with Gasteiger partial charge < -0.3 is 10.1 Å². The van der Waals surface area contributed by atoms with Crippen molar-refractivity contribution in [3.05, 3.63) is 53.6 Å². The standard InChI is InChI=1S/C20H26N2O4S/c1-5-22(6-2)27(24,25)18-12-10-17(11-13-18)21-19(23)14-26-20-15(3)8-7-9-16(20)4/h7-13H,5-6,14H2,1-4H3,(H,21,23). The van der Waals surface area contributed by atoms with E-state index in [0.717, 1.165) is 11.1 Å². The van der Waals surface area contributed by atoms with Crippen LogP contribution in [0.4, 0.5) is 5.69 Å². The van der Waals surface area contributed by atoms with Crippen molar-refractivity contribution in [2.24, 2.45) is 0 Å². The van der Waals surface area contributed by atoms with Gasteiger partial charge in [-0.1, -0.05) is 32.0 Å². The minimum Gasteiger partial charge on any atom is -0.483 e. The van der Waals surface area contributed by atoms with Crippen LogP contribution >= 0.6 is 0 Å². The van der Waals surface area contributed by atoms with E-state index in [4.69, 9.17) is 4.74 Å². The number of amides is 1. The number of ether oxygens (including phenoxy) is 1. The first-order chi connectivity index (χ1) is 12.8. The first-order valence-electron chi connectivity index (χ1n) is 8.88. The molecule has 2 aromatic rings. The smallest absolute Gasteiger partial charge is 0.262 e. The summed E-state index contributed by atoms with van der Waals surface area (Å²) < 4.78 is 32.0. The molecule has 1 N–H and O–H groups in total. The molecular formula is C20H26N2O4S. The highest BCUT2D eigenvalue weighted by Gasteiger charge is 2.21. The topological polar surface area (TPSA) is 75.7 Å². The fraction of sp³-hybridized carbons (Fsp3) is 0.350. The van der Waals surface area contributed by atoms with Gasteiger partial charge in [0.25, 0.3) is 5.91 Å². The number of carbonyl (C=O) groups is 1. The number of nitrogens with one attached hydrogen (secondary N) is 1. The molecule has 0 spiro atoms. The molecule has 0 radical (unpaired) electrons. The quantitative estimate of drug-likeness (QED) is 0.750. The van der Waals surface area contributed by atoms with Crippen molar-refractivity contribution < 1.29 is 17.9 Å². The third-order valence-corrected chi connectivity index (χ3v) is 6.30. The number of hydrogen-bond acceptors (Lipinski definition) is 4. The second-order valence-corrected chi connectivity index (χ2v) is 8.11. The Morgan fingerprint density at radius 3 is 2.07 bits per heavy atom. The Labute approximate surface area is 161 Å². The average Bonchev–Trinajstić information content (AvgIpc) is 2.62. The summed E-state index contributed by atoms with van der Waals surface area (Å²) >= 11 is 0. The van der Waals surface area contributed by atoms with Crippen LogP contribution in [0.5, 0.6) is 5.75 Å². The largest absolute Gasteiger partial charge is 0.483 e. The Bertz CT molecular complexity index is 868. The van der Waals surface area contributed by atoms with E-state index in [1.807, 2.05) is 32.0 Å². The first-order valence-corrected chi connectivity index (χ1v) is 10.3. The highest BCUT2D eigenvalue weighted by atomic mass is 32.2. The number of carbonyl (C=O) groups excluding carboxylic acids is 1. The van der Waals surface area contributed by atoms with Crippen molar-refractivity contribution in [2.45, 2.75) is 32.6 Å². The van der Waals surface area contributed by atoms with Gasteiger partial charge in [0.2, 0.25) is 10.0 Å². The number of nitrogens with zero attached hydrogens (tertiary/aromatic N) is 1. The van der Waals surface area contributed by atoms with E-state index in [9.17, 15) is 13.2 Å². The zero-order chi connectivity index (χ0) is 20.0. The van der Waals surface area contributed by atoms with Gasteiger partial charge in [0.1, 0.15) is 5.75 Å². The van der Waals surface area contributed by atoms with Crippen LogP contribution in [0.15, 0.2) is 47.4 Å².